The number of anilines is 1. The topological polar surface area (TPSA) is 39.6 Å². The van der Waals surface area contributed by atoms with Crippen LogP contribution in [0.15, 0.2) is 92.4 Å². The summed E-state index contributed by atoms with van der Waals surface area (Å²) < 4.78 is 2.23. The summed E-state index contributed by atoms with van der Waals surface area (Å²) in [7, 11) is 2.21. The molecule has 41 heavy (non-hydrogen) atoms. The van der Waals surface area contributed by atoms with Crippen LogP contribution in [-0.4, -0.2) is 70.6 Å². The molecule has 0 unspecified atom stereocenters. The second-order valence-electron chi connectivity index (χ2n) is 11.7. The molecule has 0 atom stereocenters. The van der Waals surface area contributed by atoms with Gasteiger partial charge in [-0.15, -0.1) is 0 Å². The number of rotatable bonds is 9. The van der Waals surface area contributed by atoms with E-state index in [0.717, 1.165) is 82.2 Å². The van der Waals surface area contributed by atoms with Crippen molar-refractivity contribution >= 4 is 22.4 Å². The maximum absolute atomic E-state index is 4.92. The first-order chi connectivity index (χ1) is 20.1. The van der Waals surface area contributed by atoms with E-state index in [1.807, 2.05) is 0 Å². The maximum Gasteiger partial charge on any atom is 0.140 e. The van der Waals surface area contributed by atoms with E-state index in [1.54, 1.807) is 6.20 Å². The molecule has 0 spiro atoms. The molecule has 0 radical (unpaired) electrons. The summed E-state index contributed by atoms with van der Waals surface area (Å²) in [5, 5.41) is 4.35. The van der Waals surface area contributed by atoms with E-state index in [0.29, 0.717) is 5.92 Å². The van der Waals surface area contributed by atoms with Gasteiger partial charge < -0.3 is 19.7 Å². The molecule has 0 aliphatic carbocycles. The second-order valence-corrected chi connectivity index (χ2v) is 11.7. The molecule has 6 rings (SSSR count). The fourth-order valence-electron chi connectivity index (χ4n) is 6.20. The van der Waals surface area contributed by atoms with Gasteiger partial charge >= 0.3 is 0 Å². The largest absolute Gasteiger partial charge is 0.371 e. The zero-order valence-corrected chi connectivity index (χ0v) is 24.3. The van der Waals surface area contributed by atoms with E-state index in [1.165, 1.54) is 27.6 Å². The normalized spacial score (nSPS) is 17.1. The van der Waals surface area contributed by atoms with Gasteiger partial charge in [0.05, 0.1) is 0 Å². The predicted octanol–water partition coefficient (Wildman–Crippen LogP) is 6.24. The summed E-state index contributed by atoms with van der Waals surface area (Å²) in [6.07, 6.45) is 8.20. The first kappa shape index (κ1) is 27.3. The number of hydrogen-bond donors (Lipinski definition) is 1. The number of hydrogen-bond acceptors (Lipinski definition) is 5. The van der Waals surface area contributed by atoms with Crippen molar-refractivity contribution in [3.8, 4) is 0 Å². The van der Waals surface area contributed by atoms with Crippen LogP contribution in [0, 0.1) is 0 Å². The number of fused-ring (bicyclic) bond motifs is 1. The quantitative estimate of drug-likeness (QED) is 0.269. The van der Waals surface area contributed by atoms with Crippen molar-refractivity contribution in [1.29, 1.82) is 0 Å². The molecule has 1 N–H and O–H groups in total. The molecule has 2 aliphatic rings. The Labute approximate surface area is 244 Å². The van der Waals surface area contributed by atoms with E-state index in [4.69, 9.17) is 4.98 Å². The molecule has 2 fully saturated rings. The zero-order valence-electron chi connectivity index (χ0n) is 24.3. The Hall–Kier alpha value is -3.87. The van der Waals surface area contributed by atoms with Gasteiger partial charge in [-0.05, 0) is 78.5 Å². The number of benzene rings is 2. The van der Waals surface area contributed by atoms with Gasteiger partial charge in [0.1, 0.15) is 5.65 Å². The van der Waals surface area contributed by atoms with Crippen molar-refractivity contribution < 1.29 is 0 Å². The fraction of sp³-hybridized carbons (Fsp3) is 0.343. The van der Waals surface area contributed by atoms with Crippen molar-refractivity contribution in [2.24, 2.45) is 0 Å². The smallest absolute Gasteiger partial charge is 0.140 e. The minimum Gasteiger partial charge on any atom is -0.371 e. The summed E-state index contributed by atoms with van der Waals surface area (Å²) in [6.45, 7) is 16.7. The van der Waals surface area contributed by atoms with Gasteiger partial charge in [-0.1, -0.05) is 49.6 Å². The molecule has 2 saturated heterocycles. The molecular weight excluding hydrogens is 504 g/mol. The van der Waals surface area contributed by atoms with Crippen LogP contribution in [-0.2, 0) is 13.1 Å². The van der Waals surface area contributed by atoms with Crippen LogP contribution in [0.1, 0.15) is 41.0 Å². The number of pyridine rings is 1. The zero-order chi connectivity index (χ0) is 28.2. The van der Waals surface area contributed by atoms with Crippen LogP contribution >= 0.6 is 0 Å². The summed E-state index contributed by atoms with van der Waals surface area (Å²) >= 11 is 0. The lowest BCUT2D eigenvalue weighted by molar-refractivity contribution is 0.148. The van der Waals surface area contributed by atoms with E-state index in [9.17, 15) is 0 Å². The minimum absolute atomic E-state index is 0.537. The van der Waals surface area contributed by atoms with Crippen LogP contribution in [0.25, 0.3) is 16.7 Å². The highest BCUT2D eigenvalue weighted by Gasteiger charge is 2.23. The van der Waals surface area contributed by atoms with Crippen LogP contribution in [0.3, 0.4) is 0 Å². The van der Waals surface area contributed by atoms with Crippen molar-refractivity contribution in [3.05, 3.63) is 115 Å². The van der Waals surface area contributed by atoms with Gasteiger partial charge in [-0.3, -0.25) is 4.90 Å². The van der Waals surface area contributed by atoms with Crippen molar-refractivity contribution in [1.82, 2.24) is 24.3 Å². The lowest BCUT2D eigenvalue weighted by atomic mass is 9.89. The van der Waals surface area contributed by atoms with Crippen LogP contribution < -0.4 is 5.32 Å². The molecule has 2 aromatic heterocycles. The monoisotopic (exact) mass is 546 g/mol. The number of aromatic nitrogens is 2. The van der Waals surface area contributed by atoms with Gasteiger partial charge in [0.2, 0.25) is 0 Å². The number of piperazine rings is 1. The summed E-state index contributed by atoms with van der Waals surface area (Å²) in [5.74, 6) is 0.537. The predicted molar refractivity (Wildman–Crippen MR) is 171 cm³/mol. The van der Waals surface area contributed by atoms with E-state index in [-0.39, 0.29) is 0 Å². The van der Waals surface area contributed by atoms with Gasteiger partial charge in [0.25, 0.3) is 0 Å². The fourth-order valence-corrected chi connectivity index (χ4v) is 6.20. The van der Waals surface area contributed by atoms with Gasteiger partial charge in [-0.2, -0.15) is 0 Å². The minimum atomic E-state index is 0.537. The third-order valence-electron chi connectivity index (χ3n) is 8.84. The Morgan fingerprint density at radius 1 is 0.902 bits per heavy atom. The van der Waals surface area contributed by atoms with Crippen molar-refractivity contribution in [2.75, 3.05) is 51.6 Å². The highest BCUT2D eigenvalue weighted by atomic mass is 15.2. The summed E-state index contributed by atoms with van der Waals surface area (Å²) in [5.41, 5.74) is 8.47. The van der Waals surface area contributed by atoms with Crippen molar-refractivity contribution in [3.63, 3.8) is 0 Å². The third-order valence-corrected chi connectivity index (χ3v) is 8.84. The molecule has 6 heteroatoms. The average Bonchev–Trinajstić information content (AvgIpc) is 3.41. The molecule has 6 nitrogen and oxygen atoms in total. The molecule has 212 valence electrons. The van der Waals surface area contributed by atoms with E-state index >= 15 is 0 Å². The lowest BCUT2D eigenvalue weighted by Crippen LogP contribution is -2.43. The van der Waals surface area contributed by atoms with Gasteiger partial charge in [0, 0.05) is 81.5 Å². The highest BCUT2D eigenvalue weighted by Crippen LogP contribution is 2.32. The number of piperidine rings is 1. The first-order valence-corrected chi connectivity index (χ1v) is 14.9. The second kappa shape index (κ2) is 12.3. The third kappa shape index (κ3) is 6.39. The van der Waals surface area contributed by atoms with Gasteiger partial charge in [-0.25, -0.2) is 4.98 Å². The molecule has 0 saturated carbocycles. The molecule has 2 aromatic carbocycles. The first-order valence-electron chi connectivity index (χ1n) is 14.9. The van der Waals surface area contributed by atoms with Crippen LogP contribution in [0.2, 0.25) is 0 Å². The standard InChI is InChI=1S/C35H42N6/c1-4-36-34-11-7-29(8-12-34)26-41-18-15-32-23-33(24-37-35(32)41)31-13-16-40(17-14-31)27(2)30-9-5-28(6-10-30)25-39-21-19-38(3)20-22-39/h4-12,15,18,23-24,31,36H,1-2,13-14,16-17,19-22,25-26H2,3H3. The van der Waals surface area contributed by atoms with Gasteiger partial charge in [0.15, 0.2) is 0 Å². The Morgan fingerprint density at radius 3 is 2.29 bits per heavy atom. The number of nitrogens with one attached hydrogen (secondary N) is 1. The summed E-state index contributed by atoms with van der Waals surface area (Å²) in [4.78, 5) is 12.3. The van der Waals surface area contributed by atoms with Crippen LogP contribution in [0.4, 0.5) is 5.69 Å². The Kier molecular flexibility index (Phi) is 8.21. The Bertz CT molecular complexity index is 1470. The van der Waals surface area contributed by atoms with Crippen molar-refractivity contribution in [2.45, 2.75) is 31.8 Å². The maximum atomic E-state index is 4.92. The number of likely N-dealkylation sites (N-methyl/N-ethyl adjacent to an activating group) is 1. The molecular formula is C35H42N6. The molecule has 4 heterocycles. The average molecular weight is 547 g/mol. The SMILES string of the molecule is C=CNc1ccc(Cn2ccc3cc(C4CCN(C(=C)c5ccc(CN6CCN(C)CC6)cc5)CC4)cnc32)cc1. The molecule has 4 aromatic rings. The lowest BCUT2D eigenvalue weighted by Gasteiger charge is -2.35. The number of likely N-dealkylation sites (tertiary alicyclic amines) is 1. The molecule has 0 amide bonds. The highest BCUT2D eigenvalue weighted by molar-refractivity contribution is 5.77. The summed E-state index contributed by atoms with van der Waals surface area (Å²) in [6, 6.07) is 22.1. The number of nitrogens with zero attached hydrogens (tertiary/aromatic N) is 5. The molecule has 0 bridgehead atoms. The van der Waals surface area contributed by atoms with E-state index in [2.05, 4.69) is 118 Å². The Balaban J connectivity index is 1.03. The Morgan fingerprint density at radius 2 is 1.59 bits per heavy atom. The van der Waals surface area contributed by atoms with E-state index < -0.39 is 0 Å². The van der Waals surface area contributed by atoms with Crippen LogP contribution in [0.5, 0.6) is 0 Å². The molecule has 2 aliphatic heterocycles.